The van der Waals surface area contributed by atoms with Crippen LogP contribution in [0.3, 0.4) is 0 Å². The second-order valence-corrected chi connectivity index (χ2v) is 19.1. The monoisotopic (exact) mass is 923 g/mol. The molecule has 19 heteroatoms. The maximum absolute atomic E-state index is 14.6. The van der Waals surface area contributed by atoms with Crippen molar-refractivity contribution in [3.63, 3.8) is 0 Å². The van der Waals surface area contributed by atoms with Crippen molar-refractivity contribution in [3.05, 3.63) is 111 Å². The molecule has 5 aliphatic rings. The fourth-order valence-corrected chi connectivity index (χ4v) is 10.9. The minimum absolute atomic E-state index is 0.153. The van der Waals surface area contributed by atoms with Crippen molar-refractivity contribution in [2.75, 3.05) is 70.3 Å². The standard InChI is InChI=1S/C48H56F3N11O5/c1-55-30-52-54-44(55)43(64)34-3-2-4-37(22-34)60-29-41-39(48(49,50)51)21-33(27-62(41)47(60)67)26-57-15-11-31(12-16-57)24-56-13-9-32(10-14-56)25-58-17-19-59(20-18-58)36-5-6-38-35(23-36)28-61(46(38)66)40-7-8-42(63)53-45(40)65/h2-6,21-23,27,29-32,40,43,64H,7-20,24-26,28H2,1H3,(H,53,63,65)/t40?,43-/m1/s1. The van der Waals surface area contributed by atoms with Crippen LogP contribution in [-0.4, -0.2) is 138 Å². The highest BCUT2D eigenvalue weighted by atomic mass is 19.4. The number of rotatable bonds is 11. The van der Waals surface area contributed by atoms with Crippen molar-refractivity contribution >= 4 is 28.9 Å². The quantitative estimate of drug-likeness (QED) is 0.186. The summed E-state index contributed by atoms with van der Waals surface area (Å²) in [5, 5.41) is 21.1. The van der Waals surface area contributed by atoms with E-state index in [1.165, 1.54) is 29.4 Å². The molecule has 4 fully saturated rings. The number of piperidine rings is 3. The Labute approximate surface area is 385 Å². The second kappa shape index (κ2) is 18.3. The van der Waals surface area contributed by atoms with Gasteiger partial charge < -0.3 is 24.4 Å². The largest absolute Gasteiger partial charge is 0.418 e. The number of aliphatic hydroxyl groups excluding tert-OH is 1. The van der Waals surface area contributed by atoms with Gasteiger partial charge in [0, 0.05) is 89.5 Å². The molecule has 0 saturated carbocycles. The number of aromatic nitrogens is 5. The van der Waals surface area contributed by atoms with E-state index in [1.54, 1.807) is 40.8 Å². The van der Waals surface area contributed by atoms with Gasteiger partial charge in [-0.2, -0.15) is 13.2 Å². The normalized spacial score (nSPS) is 21.4. The van der Waals surface area contributed by atoms with Gasteiger partial charge in [0.2, 0.25) is 11.8 Å². The van der Waals surface area contributed by atoms with Crippen LogP contribution in [0.15, 0.2) is 72.0 Å². The number of amides is 3. The average Bonchev–Trinajstić information content (AvgIpc) is 4.00. The molecule has 0 spiro atoms. The molecule has 3 aromatic heterocycles. The minimum Gasteiger partial charge on any atom is -0.380 e. The maximum atomic E-state index is 14.6. The van der Waals surface area contributed by atoms with Crippen LogP contribution in [0.25, 0.3) is 11.2 Å². The molecule has 4 saturated heterocycles. The fraction of sp³-hybridized carbons (Fsp3) is 0.500. The molecule has 0 bridgehead atoms. The van der Waals surface area contributed by atoms with Crippen molar-refractivity contribution in [2.45, 2.75) is 69.9 Å². The minimum atomic E-state index is -4.68. The molecule has 354 valence electrons. The van der Waals surface area contributed by atoms with Gasteiger partial charge in [-0.15, -0.1) is 10.2 Å². The number of hydrogen-bond donors (Lipinski definition) is 2. The van der Waals surface area contributed by atoms with Gasteiger partial charge in [0.25, 0.3) is 5.91 Å². The third-order valence-electron chi connectivity index (χ3n) is 14.7. The zero-order chi connectivity index (χ0) is 46.6. The van der Waals surface area contributed by atoms with Crippen molar-refractivity contribution in [2.24, 2.45) is 18.9 Å². The molecule has 0 radical (unpaired) electrons. The third kappa shape index (κ3) is 9.25. The van der Waals surface area contributed by atoms with Gasteiger partial charge in [0.15, 0.2) is 5.82 Å². The number of imidazole rings is 1. The molecule has 8 heterocycles. The molecule has 3 amide bonds. The molecular weight excluding hydrogens is 868 g/mol. The van der Waals surface area contributed by atoms with Gasteiger partial charge in [-0.3, -0.25) is 38.5 Å². The molecule has 10 rings (SSSR count). The summed E-state index contributed by atoms with van der Waals surface area (Å²) < 4.78 is 47.5. The van der Waals surface area contributed by atoms with Crippen LogP contribution in [0.5, 0.6) is 0 Å². The number of benzene rings is 2. The van der Waals surface area contributed by atoms with E-state index in [-0.39, 0.29) is 23.8 Å². The molecule has 5 aliphatic heterocycles. The highest BCUT2D eigenvalue weighted by Crippen LogP contribution is 2.35. The van der Waals surface area contributed by atoms with Gasteiger partial charge in [-0.05, 0) is 123 Å². The number of aryl methyl sites for hydroxylation is 1. The molecule has 2 aromatic carbocycles. The lowest BCUT2D eigenvalue weighted by molar-refractivity contribution is -0.137. The number of carbonyl (C=O) groups excluding carboxylic acids is 3. The first-order valence-corrected chi connectivity index (χ1v) is 23.4. The van der Waals surface area contributed by atoms with Gasteiger partial charge >= 0.3 is 11.9 Å². The third-order valence-corrected chi connectivity index (χ3v) is 14.7. The average molecular weight is 924 g/mol. The summed E-state index contributed by atoms with van der Waals surface area (Å²) >= 11 is 0. The van der Waals surface area contributed by atoms with Crippen molar-refractivity contribution in [3.8, 4) is 5.69 Å². The lowest BCUT2D eigenvalue weighted by Crippen LogP contribution is -2.52. The molecule has 1 unspecified atom stereocenters. The Hall–Kier alpha value is -5.89. The number of aliphatic hydroxyl groups is 1. The summed E-state index contributed by atoms with van der Waals surface area (Å²) in [7, 11) is 1.69. The highest BCUT2D eigenvalue weighted by molar-refractivity contribution is 6.05. The molecular formula is C48H56F3N11O5. The Balaban J connectivity index is 0.685. The molecule has 5 aromatic rings. The Morgan fingerprint density at radius 1 is 0.806 bits per heavy atom. The number of anilines is 1. The van der Waals surface area contributed by atoms with Gasteiger partial charge in [0.05, 0.1) is 16.8 Å². The summed E-state index contributed by atoms with van der Waals surface area (Å²) in [5.74, 6) is 0.611. The Morgan fingerprint density at radius 2 is 1.51 bits per heavy atom. The zero-order valence-electron chi connectivity index (χ0n) is 37.6. The molecule has 2 atom stereocenters. The Kier molecular flexibility index (Phi) is 12.3. The topological polar surface area (TPSA) is 157 Å². The maximum Gasteiger partial charge on any atom is 0.418 e. The number of likely N-dealkylation sites (tertiary alicyclic amines) is 2. The number of imide groups is 1. The van der Waals surface area contributed by atoms with Crippen LogP contribution in [-0.2, 0) is 35.9 Å². The van der Waals surface area contributed by atoms with Crippen LogP contribution >= 0.6 is 0 Å². The molecule has 0 aliphatic carbocycles. The van der Waals surface area contributed by atoms with E-state index in [0.29, 0.717) is 59.5 Å². The lowest BCUT2D eigenvalue weighted by Gasteiger charge is -2.41. The molecule has 16 nitrogen and oxygen atoms in total. The van der Waals surface area contributed by atoms with E-state index < -0.39 is 35.5 Å². The first kappa shape index (κ1) is 44.9. The van der Waals surface area contributed by atoms with E-state index in [9.17, 15) is 37.5 Å². The SMILES string of the molecule is Cn1cnnc1[C@H](O)c1cccc(-n2cc3c(C(F)(F)F)cc(CN4CCC(CN5CCC(CN6CCN(c7ccc8c(c7)CN(C7CCC(=O)NC7=O)C8=O)CC6)CC5)CC4)cn3c2=O)c1. The highest BCUT2D eigenvalue weighted by Gasteiger charge is 2.40. The van der Waals surface area contributed by atoms with Crippen molar-refractivity contribution in [1.82, 2.24) is 48.6 Å². The number of halogens is 3. The predicted octanol–water partition coefficient (Wildman–Crippen LogP) is 3.83. The molecule has 67 heavy (non-hydrogen) atoms. The van der Waals surface area contributed by atoms with E-state index in [2.05, 4.69) is 41.2 Å². The Bertz CT molecular complexity index is 2730. The number of nitrogens with one attached hydrogen (secondary N) is 1. The molecule has 2 N–H and O–H groups in total. The van der Waals surface area contributed by atoms with Crippen molar-refractivity contribution < 1.29 is 32.7 Å². The van der Waals surface area contributed by atoms with Gasteiger partial charge in [-0.25, -0.2) is 4.79 Å². The van der Waals surface area contributed by atoms with Crippen LogP contribution in [0.1, 0.15) is 83.1 Å². The van der Waals surface area contributed by atoms with Gasteiger partial charge in [-0.1, -0.05) is 12.1 Å². The van der Waals surface area contributed by atoms with Crippen LogP contribution in [0.4, 0.5) is 18.9 Å². The van der Waals surface area contributed by atoms with E-state index in [0.717, 1.165) is 107 Å². The summed E-state index contributed by atoms with van der Waals surface area (Å²) in [6, 6.07) is 13.0. The number of pyridine rings is 1. The first-order chi connectivity index (χ1) is 32.2. The number of fused-ring (bicyclic) bond motifs is 2. The van der Waals surface area contributed by atoms with Crippen LogP contribution in [0.2, 0.25) is 0 Å². The summed E-state index contributed by atoms with van der Waals surface area (Å²) in [5.41, 5.74) is 2.08. The number of nitrogens with zero attached hydrogens (tertiary/aromatic N) is 10. The zero-order valence-corrected chi connectivity index (χ0v) is 37.6. The summed E-state index contributed by atoms with van der Waals surface area (Å²) in [4.78, 5) is 62.4. The fourth-order valence-electron chi connectivity index (χ4n) is 10.9. The first-order valence-electron chi connectivity index (χ1n) is 23.4. The number of carbonyl (C=O) groups is 3. The second-order valence-electron chi connectivity index (χ2n) is 19.1. The van der Waals surface area contributed by atoms with E-state index in [4.69, 9.17) is 0 Å². The number of piperazine rings is 1. The van der Waals surface area contributed by atoms with E-state index in [1.807, 2.05) is 12.1 Å². The van der Waals surface area contributed by atoms with Crippen LogP contribution in [0, 0.1) is 11.8 Å². The van der Waals surface area contributed by atoms with E-state index >= 15 is 0 Å². The van der Waals surface area contributed by atoms with Crippen molar-refractivity contribution in [1.29, 1.82) is 0 Å². The number of hydrogen-bond acceptors (Lipinski definition) is 11. The number of alkyl halides is 3. The lowest BCUT2D eigenvalue weighted by atomic mass is 9.92. The van der Waals surface area contributed by atoms with Gasteiger partial charge in [0.1, 0.15) is 18.5 Å². The smallest absolute Gasteiger partial charge is 0.380 e. The van der Waals surface area contributed by atoms with Crippen LogP contribution < -0.4 is 15.9 Å². The predicted molar refractivity (Wildman–Crippen MR) is 241 cm³/mol. The Morgan fingerprint density at radius 3 is 2.18 bits per heavy atom. The summed E-state index contributed by atoms with van der Waals surface area (Å²) in [6.45, 7) is 10.2. The summed E-state index contributed by atoms with van der Waals surface area (Å²) in [6.07, 6.45) is 3.19.